The lowest BCUT2D eigenvalue weighted by Crippen LogP contribution is -2.08. The zero-order chi connectivity index (χ0) is 14.9. The monoisotopic (exact) mass is 400 g/mol. The van der Waals surface area contributed by atoms with Crippen LogP contribution >= 0.6 is 34.2 Å². The molecule has 0 N–H and O–H groups in total. The Morgan fingerprint density at radius 3 is 2.55 bits per heavy atom. The van der Waals surface area contributed by atoms with Gasteiger partial charge in [0, 0.05) is 14.2 Å². The Hall–Kier alpha value is -1.07. The molecule has 2 rings (SSSR count). The third-order valence-electron chi connectivity index (χ3n) is 3.06. The van der Waals surface area contributed by atoms with E-state index in [1.54, 1.807) is 19.2 Å². The van der Waals surface area contributed by atoms with Crippen LogP contribution in [0.2, 0.25) is 5.02 Å². The topological polar surface area (TPSA) is 26.3 Å². The first kappa shape index (κ1) is 15.3. The van der Waals surface area contributed by atoms with Crippen LogP contribution < -0.4 is 4.74 Å². The third-order valence-corrected chi connectivity index (χ3v) is 4.24. The lowest BCUT2D eigenvalue weighted by atomic mass is 9.96. The van der Waals surface area contributed by atoms with E-state index in [2.05, 4.69) is 22.6 Å². The Morgan fingerprint density at radius 2 is 1.90 bits per heavy atom. The van der Waals surface area contributed by atoms with Crippen molar-refractivity contribution in [2.75, 3.05) is 7.11 Å². The molecule has 0 aliphatic rings. The van der Waals surface area contributed by atoms with Crippen molar-refractivity contribution in [3.63, 3.8) is 0 Å². The van der Waals surface area contributed by atoms with Gasteiger partial charge >= 0.3 is 0 Å². The van der Waals surface area contributed by atoms with Crippen LogP contribution in [0.5, 0.6) is 5.75 Å². The van der Waals surface area contributed by atoms with E-state index in [0.29, 0.717) is 21.9 Å². The van der Waals surface area contributed by atoms with E-state index in [4.69, 9.17) is 16.3 Å². The predicted octanol–water partition coefficient (Wildman–Crippen LogP) is 4.80. The van der Waals surface area contributed by atoms with E-state index in [9.17, 15) is 4.79 Å². The van der Waals surface area contributed by atoms with Gasteiger partial charge in [0.2, 0.25) is 0 Å². The van der Waals surface area contributed by atoms with Gasteiger partial charge in [0.25, 0.3) is 0 Å². The molecule has 4 heteroatoms. The van der Waals surface area contributed by atoms with Crippen LogP contribution in [0, 0.1) is 17.4 Å². The molecule has 20 heavy (non-hydrogen) atoms. The second kappa shape index (κ2) is 6.14. The summed E-state index contributed by atoms with van der Waals surface area (Å²) in [6.45, 7) is 3.90. The maximum absolute atomic E-state index is 12.8. The molecule has 0 unspecified atom stereocenters. The number of methoxy groups -OCH3 is 1. The van der Waals surface area contributed by atoms with Gasteiger partial charge < -0.3 is 4.74 Å². The van der Waals surface area contributed by atoms with Crippen LogP contribution in [-0.2, 0) is 0 Å². The predicted molar refractivity (Wildman–Crippen MR) is 90.1 cm³/mol. The number of carbonyl (C=O) groups is 1. The van der Waals surface area contributed by atoms with Gasteiger partial charge in [-0.1, -0.05) is 17.7 Å². The van der Waals surface area contributed by atoms with Crippen LogP contribution in [0.25, 0.3) is 0 Å². The smallest absolute Gasteiger partial charge is 0.198 e. The van der Waals surface area contributed by atoms with Crippen molar-refractivity contribution in [1.29, 1.82) is 0 Å². The van der Waals surface area contributed by atoms with Crippen molar-refractivity contribution >= 4 is 40.0 Å². The van der Waals surface area contributed by atoms with Gasteiger partial charge in [0.05, 0.1) is 12.7 Å². The van der Waals surface area contributed by atoms with Gasteiger partial charge in [0.1, 0.15) is 5.75 Å². The Balaban J connectivity index is 2.62. The van der Waals surface area contributed by atoms with Gasteiger partial charge in [0.15, 0.2) is 5.78 Å². The second-order valence-electron chi connectivity index (χ2n) is 4.61. The average Bonchev–Trinajstić information content (AvgIpc) is 2.40. The number of benzene rings is 2. The Kier molecular flexibility index (Phi) is 4.70. The molecule has 0 aliphatic carbocycles. The molecule has 2 nitrogen and oxygen atoms in total. The summed E-state index contributed by atoms with van der Waals surface area (Å²) in [5.74, 6) is 0.537. The molecular weight excluding hydrogens is 387 g/mol. The van der Waals surface area contributed by atoms with E-state index in [1.807, 2.05) is 32.0 Å². The molecule has 0 saturated heterocycles. The first-order valence-electron chi connectivity index (χ1n) is 6.09. The van der Waals surface area contributed by atoms with Crippen molar-refractivity contribution in [1.82, 2.24) is 0 Å². The first-order valence-corrected chi connectivity index (χ1v) is 7.54. The minimum absolute atomic E-state index is 0.0637. The second-order valence-corrected chi connectivity index (χ2v) is 6.21. The summed E-state index contributed by atoms with van der Waals surface area (Å²) in [6.07, 6.45) is 0. The van der Waals surface area contributed by atoms with E-state index in [1.165, 1.54) is 0 Å². The molecule has 0 atom stereocenters. The summed E-state index contributed by atoms with van der Waals surface area (Å²) < 4.78 is 6.24. The molecule has 0 aliphatic heterocycles. The molecule has 0 aromatic heterocycles. The summed E-state index contributed by atoms with van der Waals surface area (Å²) in [5, 5.41) is 0.553. The number of aryl methyl sites for hydroxylation is 2. The van der Waals surface area contributed by atoms with E-state index in [0.717, 1.165) is 14.7 Å². The number of hydrogen-bond donors (Lipinski definition) is 0. The normalized spacial score (nSPS) is 10.4. The number of ether oxygens (including phenoxy) is 1. The van der Waals surface area contributed by atoms with E-state index in [-0.39, 0.29) is 5.78 Å². The fourth-order valence-corrected chi connectivity index (χ4v) is 2.94. The van der Waals surface area contributed by atoms with Gasteiger partial charge in [-0.3, -0.25) is 4.79 Å². The number of ketones is 1. The zero-order valence-corrected chi connectivity index (χ0v) is 14.4. The number of rotatable bonds is 3. The first-order chi connectivity index (χ1) is 9.43. The summed E-state index contributed by atoms with van der Waals surface area (Å²) in [6, 6.07) is 9.17. The summed E-state index contributed by atoms with van der Waals surface area (Å²) in [7, 11) is 1.58. The average molecular weight is 401 g/mol. The highest BCUT2D eigenvalue weighted by Gasteiger charge is 2.20. The van der Waals surface area contributed by atoms with Crippen LogP contribution in [0.3, 0.4) is 0 Å². The maximum atomic E-state index is 12.8. The van der Waals surface area contributed by atoms with Gasteiger partial charge in [-0.15, -0.1) is 0 Å². The Labute approximate surface area is 137 Å². The summed E-state index contributed by atoms with van der Waals surface area (Å²) in [4.78, 5) is 12.8. The van der Waals surface area contributed by atoms with Crippen molar-refractivity contribution in [3.05, 3.63) is 61.2 Å². The Morgan fingerprint density at radius 1 is 1.20 bits per heavy atom. The highest BCUT2D eigenvalue weighted by molar-refractivity contribution is 14.1. The minimum Gasteiger partial charge on any atom is -0.496 e. The van der Waals surface area contributed by atoms with Gasteiger partial charge in [-0.05, 0) is 71.8 Å². The summed E-state index contributed by atoms with van der Waals surface area (Å²) >= 11 is 8.14. The molecule has 0 bridgehead atoms. The zero-order valence-electron chi connectivity index (χ0n) is 11.5. The number of hydrogen-bond acceptors (Lipinski definition) is 2. The molecular formula is C16H14ClIO2. The molecule has 0 fully saturated rings. The van der Waals surface area contributed by atoms with Crippen molar-refractivity contribution in [3.8, 4) is 5.75 Å². The third kappa shape index (κ3) is 2.99. The molecule has 104 valence electrons. The molecule has 0 radical (unpaired) electrons. The minimum atomic E-state index is -0.0637. The SMILES string of the molecule is COc1cc(C)cc(C)c1C(=O)c1cc(Cl)ccc1I. The summed E-state index contributed by atoms with van der Waals surface area (Å²) in [5.41, 5.74) is 3.17. The van der Waals surface area contributed by atoms with Crippen LogP contribution in [0.1, 0.15) is 27.0 Å². The maximum Gasteiger partial charge on any atom is 0.198 e. The fraction of sp³-hybridized carbons (Fsp3) is 0.188. The molecule has 0 spiro atoms. The van der Waals surface area contributed by atoms with Crippen molar-refractivity contribution < 1.29 is 9.53 Å². The van der Waals surface area contributed by atoms with Crippen molar-refractivity contribution in [2.45, 2.75) is 13.8 Å². The van der Waals surface area contributed by atoms with E-state index >= 15 is 0 Å². The van der Waals surface area contributed by atoms with Gasteiger partial charge in [-0.25, -0.2) is 0 Å². The molecule has 0 amide bonds. The van der Waals surface area contributed by atoms with E-state index < -0.39 is 0 Å². The van der Waals surface area contributed by atoms with Crippen LogP contribution in [-0.4, -0.2) is 12.9 Å². The quantitative estimate of drug-likeness (QED) is 0.546. The van der Waals surface area contributed by atoms with Gasteiger partial charge in [-0.2, -0.15) is 0 Å². The van der Waals surface area contributed by atoms with Crippen LogP contribution in [0.15, 0.2) is 30.3 Å². The van der Waals surface area contributed by atoms with Crippen LogP contribution in [0.4, 0.5) is 0 Å². The standard InChI is InChI=1S/C16H14ClIO2/c1-9-6-10(2)15(14(7-9)20-3)16(19)12-8-11(17)4-5-13(12)18/h4-8H,1-3H3. The number of carbonyl (C=O) groups excluding carboxylic acids is 1. The Bertz CT molecular complexity index is 680. The largest absolute Gasteiger partial charge is 0.496 e. The molecule has 0 saturated carbocycles. The number of halogens is 2. The molecule has 2 aromatic carbocycles. The van der Waals surface area contributed by atoms with Crippen molar-refractivity contribution in [2.24, 2.45) is 0 Å². The highest BCUT2D eigenvalue weighted by atomic mass is 127. The molecule has 0 heterocycles. The lowest BCUT2D eigenvalue weighted by Gasteiger charge is -2.13. The highest BCUT2D eigenvalue weighted by Crippen LogP contribution is 2.29. The molecule has 2 aromatic rings. The lowest BCUT2D eigenvalue weighted by molar-refractivity contribution is 0.103. The fourth-order valence-electron chi connectivity index (χ4n) is 2.19.